The van der Waals surface area contributed by atoms with Gasteiger partial charge < -0.3 is 19.8 Å². The molecule has 0 radical (unpaired) electrons. The lowest BCUT2D eigenvalue weighted by Gasteiger charge is -2.44. The van der Waals surface area contributed by atoms with Crippen LogP contribution in [0.3, 0.4) is 0 Å². The third-order valence-corrected chi connectivity index (χ3v) is 13.4. The molecule has 12 heteroatoms. The molecule has 0 spiro atoms. The molecule has 3 unspecified atom stereocenters. The van der Waals surface area contributed by atoms with E-state index in [1.54, 1.807) is 30.3 Å². The number of rotatable bonds is 12. The number of piperidine rings is 2. The van der Waals surface area contributed by atoms with Crippen LogP contribution in [0.1, 0.15) is 89.3 Å². The van der Waals surface area contributed by atoms with E-state index >= 15 is 0 Å². The summed E-state index contributed by atoms with van der Waals surface area (Å²) in [6.07, 6.45) is 5.65. The number of nitrogens with zero attached hydrogens (tertiary/aromatic N) is 4. The SMILES string of the molecule is CCC(=C(c1ccc(O)cc1)c1ccc(OCCN2CCC(CN3C4CCC3CN(c3ccc5c(c3)C(=O)N(C3CCC(=O)NC3=O)C5=O)C4)CC2)cc1)c1ccc(O)cc1. The summed E-state index contributed by atoms with van der Waals surface area (Å²) in [6, 6.07) is 28.2. The highest BCUT2D eigenvalue weighted by molar-refractivity contribution is 6.23. The van der Waals surface area contributed by atoms with E-state index in [4.69, 9.17) is 4.74 Å². The number of phenols is 2. The molecular formula is C49H53N5O7. The molecule has 5 aliphatic heterocycles. The number of aromatic hydroxyl groups is 2. The molecule has 9 rings (SSSR count). The van der Waals surface area contributed by atoms with E-state index in [2.05, 4.69) is 39.1 Å². The predicted molar refractivity (Wildman–Crippen MR) is 232 cm³/mol. The number of allylic oxidation sites excluding steroid dienone is 1. The number of fused-ring (bicyclic) bond motifs is 3. The number of piperazine rings is 1. The highest BCUT2D eigenvalue weighted by Gasteiger charge is 2.46. The van der Waals surface area contributed by atoms with Crippen LogP contribution in [0.5, 0.6) is 17.2 Å². The van der Waals surface area contributed by atoms with Crippen molar-refractivity contribution < 1.29 is 34.1 Å². The smallest absolute Gasteiger partial charge is 0.262 e. The highest BCUT2D eigenvalue weighted by Crippen LogP contribution is 2.38. The maximum absolute atomic E-state index is 13.5. The Hall–Kier alpha value is -5.98. The number of anilines is 1. The molecule has 2 bridgehead atoms. The van der Waals surface area contributed by atoms with Crippen molar-refractivity contribution >= 4 is 40.5 Å². The molecule has 4 fully saturated rings. The van der Waals surface area contributed by atoms with Gasteiger partial charge in [-0.2, -0.15) is 0 Å². The lowest BCUT2D eigenvalue weighted by molar-refractivity contribution is -0.136. The number of imide groups is 2. The lowest BCUT2D eigenvalue weighted by Crippen LogP contribution is -2.55. The second kappa shape index (κ2) is 17.2. The summed E-state index contributed by atoms with van der Waals surface area (Å²) in [6.45, 7) is 8.57. The van der Waals surface area contributed by atoms with Gasteiger partial charge in [-0.25, -0.2) is 0 Å². The summed E-state index contributed by atoms with van der Waals surface area (Å²) in [4.78, 5) is 59.5. The number of nitrogens with one attached hydrogen (secondary N) is 1. The summed E-state index contributed by atoms with van der Waals surface area (Å²) in [5, 5.41) is 22.2. The number of likely N-dealkylation sites (tertiary alicyclic amines) is 1. The van der Waals surface area contributed by atoms with Crippen molar-refractivity contribution in [2.45, 2.75) is 70.0 Å². The van der Waals surface area contributed by atoms with E-state index < -0.39 is 23.8 Å². The Balaban J connectivity index is 0.759. The molecule has 4 aromatic carbocycles. The molecule has 4 saturated heterocycles. The normalized spacial score (nSPS) is 22.7. The summed E-state index contributed by atoms with van der Waals surface area (Å²) in [5.74, 6) is 0.0112. The summed E-state index contributed by atoms with van der Waals surface area (Å²) < 4.78 is 6.26. The molecule has 0 aromatic heterocycles. The molecule has 5 aliphatic rings. The van der Waals surface area contributed by atoms with Crippen LogP contribution in [0.25, 0.3) is 11.1 Å². The number of phenolic OH excluding ortho intramolecular Hbond substituents is 2. The topological polar surface area (TPSA) is 143 Å². The van der Waals surface area contributed by atoms with Gasteiger partial charge in [-0.05, 0) is 140 Å². The van der Waals surface area contributed by atoms with Crippen molar-refractivity contribution in [2.24, 2.45) is 5.92 Å². The molecule has 4 amide bonds. The predicted octanol–water partition coefficient (Wildman–Crippen LogP) is 6.31. The van der Waals surface area contributed by atoms with Crippen molar-refractivity contribution in [3.8, 4) is 17.2 Å². The fourth-order valence-corrected chi connectivity index (χ4v) is 10.2. The standard InChI is InChI=1S/C49H53N5O7/c1-2-41(32-3-12-38(55)13-4-32)46(33-5-14-39(56)15-6-33)34-7-16-40(17-8-34)61-26-25-51-23-21-31(22-24-51)28-53-36-9-10-37(53)30-52(29-36)35-11-18-42-43(27-35)49(60)54(48(42)59)44-19-20-45(57)50-47(44)58/h3-8,11-18,27,31,36-37,44,55-56H,2,9-10,19-26,28-30H2,1H3,(H,50,57,58). The minimum atomic E-state index is -0.965. The Morgan fingerprint density at radius 1 is 0.721 bits per heavy atom. The Morgan fingerprint density at radius 3 is 1.95 bits per heavy atom. The van der Waals surface area contributed by atoms with E-state index in [0.717, 1.165) is 116 Å². The van der Waals surface area contributed by atoms with Gasteiger partial charge in [0.25, 0.3) is 11.8 Å². The van der Waals surface area contributed by atoms with Crippen LogP contribution in [0.4, 0.5) is 5.69 Å². The zero-order valence-corrected chi connectivity index (χ0v) is 34.6. The average molecular weight is 824 g/mol. The Morgan fingerprint density at radius 2 is 1.33 bits per heavy atom. The van der Waals surface area contributed by atoms with E-state index in [0.29, 0.717) is 35.7 Å². The first-order chi connectivity index (χ1) is 29.6. The third-order valence-electron chi connectivity index (χ3n) is 13.4. The van der Waals surface area contributed by atoms with Crippen LogP contribution in [-0.2, 0) is 9.59 Å². The maximum atomic E-state index is 13.5. The van der Waals surface area contributed by atoms with Crippen LogP contribution < -0.4 is 15.0 Å². The molecule has 3 atom stereocenters. The minimum Gasteiger partial charge on any atom is -0.508 e. The number of benzene rings is 4. The summed E-state index contributed by atoms with van der Waals surface area (Å²) in [5.41, 5.74) is 6.90. The number of carbonyl (C=O) groups is 4. The molecule has 4 aromatic rings. The summed E-state index contributed by atoms with van der Waals surface area (Å²) >= 11 is 0. The lowest BCUT2D eigenvalue weighted by atomic mass is 9.88. The zero-order valence-electron chi connectivity index (χ0n) is 34.6. The number of hydrogen-bond donors (Lipinski definition) is 3. The van der Waals surface area contributed by atoms with Gasteiger partial charge >= 0.3 is 0 Å². The van der Waals surface area contributed by atoms with Gasteiger partial charge in [0, 0.05) is 50.4 Å². The van der Waals surface area contributed by atoms with Gasteiger partial charge in [0.15, 0.2) is 0 Å². The first kappa shape index (κ1) is 40.4. The van der Waals surface area contributed by atoms with Crippen molar-refractivity contribution in [1.29, 1.82) is 0 Å². The molecule has 0 aliphatic carbocycles. The molecule has 316 valence electrons. The Bertz CT molecular complexity index is 2320. The third kappa shape index (κ3) is 8.26. The van der Waals surface area contributed by atoms with Crippen LogP contribution in [-0.4, -0.2) is 113 Å². The van der Waals surface area contributed by atoms with Gasteiger partial charge in [0.1, 0.15) is 29.9 Å². The van der Waals surface area contributed by atoms with Crippen molar-refractivity contribution in [1.82, 2.24) is 20.0 Å². The number of ether oxygens (including phenoxy) is 1. The van der Waals surface area contributed by atoms with Crippen molar-refractivity contribution in [3.63, 3.8) is 0 Å². The summed E-state index contributed by atoms with van der Waals surface area (Å²) in [7, 11) is 0. The fourth-order valence-electron chi connectivity index (χ4n) is 10.2. The molecule has 0 saturated carbocycles. The second-order valence-corrected chi connectivity index (χ2v) is 17.1. The molecular weight excluding hydrogens is 771 g/mol. The largest absolute Gasteiger partial charge is 0.508 e. The Kier molecular flexibility index (Phi) is 11.4. The quantitative estimate of drug-likeness (QED) is 0.110. The first-order valence-electron chi connectivity index (χ1n) is 21.8. The van der Waals surface area contributed by atoms with Crippen molar-refractivity contribution in [2.75, 3.05) is 50.8 Å². The van der Waals surface area contributed by atoms with Crippen LogP contribution in [0.2, 0.25) is 0 Å². The van der Waals surface area contributed by atoms with Crippen LogP contribution in [0, 0.1) is 5.92 Å². The number of hydrogen-bond acceptors (Lipinski definition) is 10. The van der Waals surface area contributed by atoms with E-state index in [9.17, 15) is 29.4 Å². The molecule has 3 N–H and O–H groups in total. The van der Waals surface area contributed by atoms with Crippen molar-refractivity contribution in [3.05, 3.63) is 119 Å². The molecule has 12 nitrogen and oxygen atoms in total. The Labute approximate surface area is 356 Å². The minimum absolute atomic E-state index is 0.0998. The maximum Gasteiger partial charge on any atom is 0.262 e. The fraction of sp³-hybridized carbons (Fsp3) is 0.388. The van der Waals surface area contributed by atoms with Crippen LogP contribution in [0.15, 0.2) is 91.0 Å². The zero-order chi connectivity index (χ0) is 42.2. The molecule has 61 heavy (non-hydrogen) atoms. The van der Waals surface area contributed by atoms with E-state index in [-0.39, 0.29) is 30.2 Å². The molecule has 5 heterocycles. The van der Waals surface area contributed by atoms with E-state index in [1.807, 2.05) is 48.5 Å². The monoisotopic (exact) mass is 823 g/mol. The van der Waals surface area contributed by atoms with Gasteiger partial charge in [0.2, 0.25) is 11.8 Å². The average Bonchev–Trinajstić information content (AvgIpc) is 3.64. The first-order valence-corrected chi connectivity index (χ1v) is 21.8. The van der Waals surface area contributed by atoms with Gasteiger partial charge in [-0.3, -0.25) is 39.2 Å². The number of amides is 4. The van der Waals surface area contributed by atoms with Crippen LogP contribution >= 0.6 is 0 Å². The van der Waals surface area contributed by atoms with Gasteiger partial charge in [-0.15, -0.1) is 0 Å². The second-order valence-electron chi connectivity index (χ2n) is 17.1. The van der Waals surface area contributed by atoms with E-state index in [1.165, 1.54) is 0 Å². The van der Waals surface area contributed by atoms with Gasteiger partial charge in [0.05, 0.1) is 11.1 Å². The van der Waals surface area contributed by atoms with Gasteiger partial charge in [-0.1, -0.05) is 43.3 Å². The highest BCUT2D eigenvalue weighted by atomic mass is 16.5. The number of carbonyl (C=O) groups excluding carboxylic acids is 4.